The van der Waals surface area contributed by atoms with E-state index in [1.54, 1.807) is 0 Å². The predicted octanol–water partition coefficient (Wildman–Crippen LogP) is 3.81. The lowest BCUT2D eigenvalue weighted by molar-refractivity contribution is 0.224. The molecule has 108 valence electrons. The Bertz CT molecular complexity index is 405. The van der Waals surface area contributed by atoms with E-state index in [2.05, 4.69) is 0 Å². The fourth-order valence-electron chi connectivity index (χ4n) is 1.77. The van der Waals surface area contributed by atoms with Gasteiger partial charge < -0.3 is 15.2 Å². The van der Waals surface area contributed by atoms with E-state index < -0.39 is 0 Å². The zero-order valence-electron chi connectivity index (χ0n) is 12.2. The average Bonchev–Trinajstić information content (AvgIpc) is 2.31. The topological polar surface area (TPSA) is 44.5 Å². The SMILES string of the molecule is CCOc1cc(CCC(C)N)cc(Cl)c1OC(C)C. The molecule has 1 atom stereocenters. The zero-order valence-corrected chi connectivity index (χ0v) is 13.0. The third-order valence-corrected chi connectivity index (χ3v) is 2.89. The maximum absolute atomic E-state index is 6.29. The van der Waals surface area contributed by atoms with Gasteiger partial charge in [-0.25, -0.2) is 0 Å². The van der Waals surface area contributed by atoms with Crippen LogP contribution in [0.25, 0.3) is 0 Å². The maximum atomic E-state index is 6.29. The van der Waals surface area contributed by atoms with Crippen molar-refractivity contribution in [2.75, 3.05) is 6.61 Å². The normalized spacial score (nSPS) is 12.6. The summed E-state index contributed by atoms with van der Waals surface area (Å²) in [5.74, 6) is 1.34. The largest absolute Gasteiger partial charge is 0.490 e. The molecule has 0 heterocycles. The van der Waals surface area contributed by atoms with E-state index in [0.29, 0.717) is 23.1 Å². The van der Waals surface area contributed by atoms with Crippen LogP contribution in [0.5, 0.6) is 11.5 Å². The van der Waals surface area contributed by atoms with Crippen LogP contribution < -0.4 is 15.2 Å². The van der Waals surface area contributed by atoms with E-state index in [-0.39, 0.29) is 12.1 Å². The summed E-state index contributed by atoms with van der Waals surface area (Å²) in [4.78, 5) is 0. The Hall–Kier alpha value is -0.930. The van der Waals surface area contributed by atoms with Crippen LogP contribution in [0, 0.1) is 0 Å². The first-order valence-corrected chi connectivity index (χ1v) is 7.19. The van der Waals surface area contributed by atoms with Crippen LogP contribution in [0.2, 0.25) is 5.02 Å². The van der Waals surface area contributed by atoms with Crippen molar-refractivity contribution in [2.45, 2.75) is 52.7 Å². The van der Waals surface area contributed by atoms with Crippen molar-refractivity contribution in [3.8, 4) is 11.5 Å². The van der Waals surface area contributed by atoms with Gasteiger partial charge in [-0.3, -0.25) is 0 Å². The molecule has 2 N–H and O–H groups in total. The van der Waals surface area contributed by atoms with Gasteiger partial charge in [-0.2, -0.15) is 0 Å². The molecule has 0 amide bonds. The fourth-order valence-corrected chi connectivity index (χ4v) is 2.05. The van der Waals surface area contributed by atoms with Gasteiger partial charge in [0, 0.05) is 6.04 Å². The Kier molecular flexibility index (Phi) is 6.46. The van der Waals surface area contributed by atoms with Crippen LogP contribution in [0.4, 0.5) is 0 Å². The van der Waals surface area contributed by atoms with E-state index in [0.717, 1.165) is 18.4 Å². The molecule has 1 rings (SSSR count). The van der Waals surface area contributed by atoms with Crippen LogP contribution >= 0.6 is 11.6 Å². The van der Waals surface area contributed by atoms with Gasteiger partial charge in [-0.1, -0.05) is 11.6 Å². The molecule has 0 bridgehead atoms. The first-order valence-electron chi connectivity index (χ1n) is 6.81. The summed E-state index contributed by atoms with van der Waals surface area (Å²) >= 11 is 6.29. The van der Waals surface area contributed by atoms with Crippen LogP contribution in [-0.2, 0) is 6.42 Å². The summed E-state index contributed by atoms with van der Waals surface area (Å²) in [6, 6.07) is 4.11. The molecule has 0 aliphatic heterocycles. The number of rotatable bonds is 7. The molecule has 0 fully saturated rings. The van der Waals surface area contributed by atoms with Gasteiger partial charge in [0.05, 0.1) is 17.7 Å². The monoisotopic (exact) mass is 285 g/mol. The molecule has 0 saturated carbocycles. The molecule has 0 radical (unpaired) electrons. The van der Waals surface area contributed by atoms with Crippen molar-refractivity contribution >= 4 is 11.6 Å². The molecule has 4 heteroatoms. The fraction of sp³-hybridized carbons (Fsp3) is 0.600. The molecule has 0 spiro atoms. The van der Waals surface area contributed by atoms with Gasteiger partial charge in [0.25, 0.3) is 0 Å². The van der Waals surface area contributed by atoms with Crippen molar-refractivity contribution in [1.82, 2.24) is 0 Å². The summed E-state index contributed by atoms with van der Waals surface area (Å²) in [6.45, 7) is 8.47. The second kappa shape index (κ2) is 7.61. The quantitative estimate of drug-likeness (QED) is 0.828. The van der Waals surface area contributed by atoms with Crippen LogP contribution in [-0.4, -0.2) is 18.8 Å². The van der Waals surface area contributed by atoms with E-state index in [1.807, 2.05) is 39.8 Å². The average molecular weight is 286 g/mol. The van der Waals surface area contributed by atoms with Crippen molar-refractivity contribution in [3.63, 3.8) is 0 Å². The van der Waals surface area contributed by atoms with Crippen molar-refractivity contribution in [3.05, 3.63) is 22.7 Å². The van der Waals surface area contributed by atoms with Crippen molar-refractivity contribution < 1.29 is 9.47 Å². The minimum Gasteiger partial charge on any atom is -0.490 e. The first kappa shape index (κ1) is 16.1. The Labute approximate surface area is 121 Å². The predicted molar refractivity (Wildman–Crippen MR) is 80.4 cm³/mol. The van der Waals surface area contributed by atoms with Crippen LogP contribution in [0.3, 0.4) is 0 Å². The summed E-state index contributed by atoms with van der Waals surface area (Å²) < 4.78 is 11.4. The van der Waals surface area contributed by atoms with Gasteiger partial charge >= 0.3 is 0 Å². The molecule has 0 aromatic heterocycles. The lowest BCUT2D eigenvalue weighted by Gasteiger charge is -2.17. The Morgan fingerprint density at radius 2 is 1.95 bits per heavy atom. The molecule has 1 aromatic carbocycles. The lowest BCUT2D eigenvalue weighted by Crippen LogP contribution is -2.15. The number of nitrogens with two attached hydrogens (primary N) is 1. The third kappa shape index (κ3) is 5.29. The van der Waals surface area contributed by atoms with E-state index in [1.165, 1.54) is 0 Å². The second-order valence-electron chi connectivity index (χ2n) is 5.02. The van der Waals surface area contributed by atoms with Gasteiger partial charge in [-0.15, -0.1) is 0 Å². The van der Waals surface area contributed by atoms with Gasteiger partial charge in [-0.05, 0) is 58.2 Å². The van der Waals surface area contributed by atoms with Crippen molar-refractivity contribution in [2.24, 2.45) is 5.73 Å². The number of hydrogen-bond donors (Lipinski definition) is 1. The summed E-state index contributed by atoms with van der Waals surface area (Å²) in [7, 11) is 0. The molecule has 1 unspecified atom stereocenters. The number of ether oxygens (including phenoxy) is 2. The summed E-state index contributed by atoms with van der Waals surface area (Å²) in [5.41, 5.74) is 6.91. The highest BCUT2D eigenvalue weighted by Crippen LogP contribution is 2.37. The van der Waals surface area contributed by atoms with E-state index in [9.17, 15) is 0 Å². The Morgan fingerprint density at radius 1 is 1.26 bits per heavy atom. The van der Waals surface area contributed by atoms with Crippen LogP contribution in [0.15, 0.2) is 12.1 Å². The summed E-state index contributed by atoms with van der Waals surface area (Å²) in [6.07, 6.45) is 1.87. The summed E-state index contributed by atoms with van der Waals surface area (Å²) in [5, 5.41) is 0.597. The molecule has 0 aliphatic rings. The standard InChI is InChI=1S/C15H24ClNO2/c1-5-18-14-9-12(7-6-11(4)17)8-13(16)15(14)19-10(2)3/h8-11H,5-7,17H2,1-4H3. The molecule has 0 saturated heterocycles. The number of aryl methyl sites for hydroxylation is 1. The molecule has 1 aromatic rings. The van der Waals surface area contributed by atoms with E-state index in [4.69, 9.17) is 26.8 Å². The molecule has 19 heavy (non-hydrogen) atoms. The van der Waals surface area contributed by atoms with E-state index >= 15 is 0 Å². The Balaban J connectivity index is 2.99. The second-order valence-corrected chi connectivity index (χ2v) is 5.43. The lowest BCUT2D eigenvalue weighted by atomic mass is 10.1. The highest BCUT2D eigenvalue weighted by Gasteiger charge is 2.14. The smallest absolute Gasteiger partial charge is 0.180 e. The molecule has 3 nitrogen and oxygen atoms in total. The van der Waals surface area contributed by atoms with Gasteiger partial charge in [0.15, 0.2) is 11.5 Å². The highest BCUT2D eigenvalue weighted by atomic mass is 35.5. The maximum Gasteiger partial charge on any atom is 0.180 e. The minimum absolute atomic E-state index is 0.0617. The first-order chi connectivity index (χ1) is 8.93. The number of halogens is 1. The number of hydrogen-bond acceptors (Lipinski definition) is 3. The van der Waals surface area contributed by atoms with Gasteiger partial charge in [0.2, 0.25) is 0 Å². The Morgan fingerprint density at radius 3 is 2.47 bits per heavy atom. The van der Waals surface area contributed by atoms with Crippen LogP contribution in [0.1, 0.15) is 39.7 Å². The molecular formula is C15H24ClNO2. The van der Waals surface area contributed by atoms with Crippen molar-refractivity contribution in [1.29, 1.82) is 0 Å². The van der Waals surface area contributed by atoms with Gasteiger partial charge in [0.1, 0.15) is 0 Å². The molecular weight excluding hydrogens is 262 g/mol. The molecule has 0 aliphatic carbocycles. The minimum atomic E-state index is 0.0617. The highest BCUT2D eigenvalue weighted by molar-refractivity contribution is 6.32. The number of benzene rings is 1. The zero-order chi connectivity index (χ0) is 14.4. The third-order valence-electron chi connectivity index (χ3n) is 2.61.